The average molecular weight is 208 g/mol. The topological polar surface area (TPSA) is 37.3 Å². The first-order valence-corrected chi connectivity index (χ1v) is 5.47. The molecule has 0 fully saturated rings. The Morgan fingerprint density at radius 2 is 2.13 bits per heavy atom. The van der Waals surface area contributed by atoms with Crippen molar-refractivity contribution in [2.45, 2.75) is 33.3 Å². The Labute approximate surface area is 91.7 Å². The van der Waals surface area contributed by atoms with Crippen LogP contribution in [0.2, 0.25) is 0 Å². The second-order valence-corrected chi connectivity index (χ2v) is 4.94. The molecule has 0 amide bonds. The largest absolute Gasteiger partial charge is 0.389 e. The zero-order valence-electron chi connectivity index (χ0n) is 9.68. The lowest BCUT2D eigenvalue weighted by Crippen LogP contribution is -2.37. The predicted molar refractivity (Wildman–Crippen MR) is 61.4 cm³/mol. The summed E-state index contributed by atoms with van der Waals surface area (Å²) >= 11 is 0. The molecule has 1 rings (SSSR count). The first kappa shape index (κ1) is 12.2. The number of rotatable bonds is 3. The molecule has 2 nitrogen and oxygen atoms in total. The van der Waals surface area contributed by atoms with E-state index in [-0.39, 0.29) is 17.4 Å². The summed E-state index contributed by atoms with van der Waals surface area (Å²) in [7, 11) is 0. The van der Waals surface area contributed by atoms with Crippen molar-refractivity contribution in [3.8, 4) is 0 Å². The summed E-state index contributed by atoms with van der Waals surface area (Å²) in [5.41, 5.74) is 0.0892. The lowest BCUT2D eigenvalue weighted by atomic mass is 9.65. The Hall–Kier alpha value is -0.890. The van der Waals surface area contributed by atoms with Crippen LogP contribution in [0.3, 0.4) is 0 Å². The van der Waals surface area contributed by atoms with Crippen LogP contribution in [0.4, 0.5) is 0 Å². The smallest absolute Gasteiger partial charge is 0.142 e. The Kier molecular flexibility index (Phi) is 3.86. The number of aliphatic hydroxyl groups is 1. The van der Waals surface area contributed by atoms with Crippen LogP contribution in [0.15, 0.2) is 24.3 Å². The summed E-state index contributed by atoms with van der Waals surface area (Å²) in [5.74, 6) is 0.620. The van der Waals surface area contributed by atoms with Crippen molar-refractivity contribution < 1.29 is 9.90 Å². The van der Waals surface area contributed by atoms with Gasteiger partial charge in [-0.1, -0.05) is 39.0 Å². The Morgan fingerprint density at radius 3 is 2.73 bits per heavy atom. The van der Waals surface area contributed by atoms with E-state index in [2.05, 4.69) is 26.8 Å². The molecule has 0 bridgehead atoms. The van der Waals surface area contributed by atoms with Gasteiger partial charge in [-0.3, -0.25) is 4.79 Å². The third kappa shape index (κ3) is 2.78. The summed E-state index contributed by atoms with van der Waals surface area (Å²) in [6.45, 7) is 6.41. The standard InChI is InChI=1S/C13H20O2/c1-10-11(6-4-5-9-14)13(2,3)8-7-12(10)15/h4-5,7-12,15H,6H2,1-3H3/b5-4+. The highest BCUT2D eigenvalue weighted by molar-refractivity contribution is 5.64. The van der Waals surface area contributed by atoms with Crippen molar-refractivity contribution in [1.29, 1.82) is 0 Å². The van der Waals surface area contributed by atoms with E-state index in [0.29, 0.717) is 5.92 Å². The number of aldehydes is 1. The van der Waals surface area contributed by atoms with Crippen LogP contribution in [0.25, 0.3) is 0 Å². The molecular formula is C13H20O2. The van der Waals surface area contributed by atoms with Gasteiger partial charge in [-0.15, -0.1) is 0 Å². The highest BCUT2D eigenvalue weighted by Crippen LogP contribution is 2.41. The number of aliphatic hydroxyl groups excluding tert-OH is 1. The lowest BCUT2D eigenvalue weighted by molar-refractivity contribution is -0.104. The van der Waals surface area contributed by atoms with Crippen molar-refractivity contribution in [3.63, 3.8) is 0 Å². The van der Waals surface area contributed by atoms with Gasteiger partial charge in [-0.25, -0.2) is 0 Å². The van der Waals surface area contributed by atoms with Crippen molar-refractivity contribution in [2.75, 3.05) is 0 Å². The van der Waals surface area contributed by atoms with Crippen LogP contribution >= 0.6 is 0 Å². The first-order valence-electron chi connectivity index (χ1n) is 5.47. The molecule has 0 aromatic rings. The van der Waals surface area contributed by atoms with E-state index >= 15 is 0 Å². The molecule has 84 valence electrons. The maximum absolute atomic E-state index is 10.2. The van der Waals surface area contributed by atoms with Gasteiger partial charge in [0.25, 0.3) is 0 Å². The fraction of sp³-hybridized carbons (Fsp3) is 0.615. The molecule has 0 aromatic carbocycles. The Balaban J connectivity index is 2.78. The van der Waals surface area contributed by atoms with E-state index in [0.717, 1.165) is 12.7 Å². The van der Waals surface area contributed by atoms with Gasteiger partial charge in [0, 0.05) is 0 Å². The van der Waals surface area contributed by atoms with Crippen molar-refractivity contribution in [3.05, 3.63) is 24.3 Å². The average Bonchev–Trinajstić information content (AvgIpc) is 2.18. The van der Waals surface area contributed by atoms with Gasteiger partial charge in [0.05, 0.1) is 6.10 Å². The van der Waals surface area contributed by atoms with Crippen molar-refractivity contribution in [1.82, 2.24) is 0 Å². The minimum absolute atomic E-state index is 0.0892. The molecule has 3 atom stereocenters. The third-order valence-corrected chi connectivity index (χ3v) is 3.46. The van der Waals surface area contributed by atoms with Crippen LogP contribution in [0, 0.1) is 17.3 Å². The summed E-state index contributed by atoms with van der Waals surface area (Å²) < 4.78 is 0. The normalized spacial score (nSPS) is 34.5. The van der Waals surface area contributed by atoms with Gasteiger partial charge in [0.2, 0.25) is 0 Å². The van der Waals surface area contributed by atoms with Gasteiger partial charge >= 0.3 is 0 Å². The fourth-order valence-electron chi connectivity index (χ4n) is 2.36. The molecule has 1 aliphatic carbocycles. The molecule has 1 aliphatic rings. The van der Waals surface area contributed by atoms with Crippen LogP contribution in [0.1, 0.15) is 27.2 Å². The van der Waals surface area contributed by atoms with E-state index in [9.17, 15) is 9.90 Å². The molecule has 0 aliphatic heterocycles. The number of carbonyl (C=O) groups is 1. The highest BCUT2D eigenvalue weighted by atomic mass is 16.3. The fourth-order valence-corrected chi connectivity index (χ4v) is 2.36. The number of hydrogen-bond donors (Lipinski definition) is 1. The Bertz CT molecular complexity index is 276. The zero-order chi connectivity index (χ0) is 11.5. The third-order valence-electron chi connectivity index (χ3n) is 3.46. The minimum Gasteiger partial charge on any atom is -0.389 e. The molecule has 2 heteroatoms. The number of allylic oxidation sites excluding steroid dienone is 3. The van der Waals surface area contributed by atoms with Gasteiger partial charge in [-0.2, -0.15) is 0 Å². The molecule has 3 unspecified atom stereocenters. The van der Waals surface area contributed by atoms with Crippen LogP contribution < -0.4 is 0 Å². The molecular weight excluding hydrogens is 188 g/mol. The quantitative estimate of drug-likeness (QED) is 0.439. The molecule has 15 heavy (non-hydrogen) atoms. The molecule has 0 spiro atoms. The van der Waals surface area contributed by atoms with E-state index < -0.39 is 0 Å². The van der Waals surface area contributed by atoms with Crippen molar-refractivity contribution >= 4 is 6.29 Å². The van der Waals surface area contributed by atoms with Crippen LogP contribution in [0.5, 0.6) is 0 Å². The summed E-state index contributed by atoms with van der Waals surface area (Å²) in [6, 6.07) is 0. The van der Waals surface area contributed by atoms with E-state index in [1.807, 2.05) is 12.2 Å². The first-order chi connectivity index (χ1) is 6.99. The maximum Gasteiger partial charge on any atom is 0.142 e. The number of carbonyl (C=O) groups excluding carboxylic acids is 1. The SMILES string of the molecule is CC1C(O)C=CC(C)(C)C1C/C=C/C=O. The molecule has 0 radical (unpaired) electrons. The minimum atomic E-state index is -0.354. The summed E-state index contributed by atoms with van der Waals surface area (Å²) in [5, 5.41) is 9.76. The lowest BCUT2D eigenvalue weighted by Gasteiger charge is -2.41. The zero-order valence-corrected chi connectivity index (χ0v) is 9.68. The van der Waals surface area contributed by atoms with Crippen LogP contribution in [-0.2, 0) is 4.79 Å². The second-order valence-electron chi connectivity index (χ2n) is 4.94. The van der Waals surface area contributed by atoms with E-state index in [1.165, 1.54) is 6.08 Å². The van der Waals surface area contributed by atoms with E-state index in [1.54, 1.807) is 0 Å². The molecule has 0 heterocycles. The summed E-state index contributed by atoms with van der Waals surface area (Å²) in [4.78, 5) is 10.2. The molecule has 1 N–H and O–H groups in total. The molecule has 0 aromatic heterocycles. The second kappa shape index (κ2) is 4.75. The number of hydrogen-bond acceptors (Lipinski definition) is 2. The van der Waals surface area contributed by atoms with Gasteiger partial charge in [0.1, 0.15) is 6.29 Å². The van der Waals surface area contributed by atoms with Gasteiger partial charge in [-0.05, 0) is 29.7 Å². The summed E-state index contributed by atoms with van der Waals surface area (Å²) in [6.07, 6.45) is 8.67. The van der Waals surface area contributed by atoms with Gasteiger partial charge in [0.15, 0.2) is 0 Å². The molecule has 0 saturated heterocycles. The Morgan fingerprint density at radius 1 is 1.47 bits per heavy atom. The predicted octanol–water partition coefficient (Wildman–Crippen LogP) is 2.34. The monoisotopic (exact) mass is 208 g/mol. The van der Waals surface area contributed by atoms with Gasteiger partial charge < -0.3 is 5.11 Å². The van der Waals surface area contributed by atoms with Crippen LogP contribution in [-0.4, -0.2) is 17.5 Å². The maximum atomic E-state index is 10.2. The van der Waals surface area contributed by atoms with E-state index in [4.69, 9.17) is 0 Å². The van der Waals surface area contributed by atoms with Crippen molar-refractivity contribution in [2.24, 2.45) is 17.3 Å². The highest BCUT2D eigenvalue weighted by Gasteiger charge is 2.36. The molecule has 0 saturated carbocycles.